The number of halogens is 1. The van der Waals surface area contributed by atoms with Crippen LogP contribution in [0.1, 0.15) is 63.0 Å². The summed E-state index contributed by atoms with van der Waals surface area (Å²) in [6.07, 6.45) is 14.7. The van der Waals surface area contributed by atoms with Gasteiger partial charge in [0.25, 0.3) is 5.91 Å². The number of hydrogen-bond donors (Lipinski definition) is 1. The number of likely N-dealkylation sites (tertiary alicyclic amines) is 2. The van der Waals surface area contributed by atoms with E-state index in [1.807, 2.05) is 11.2 Å². The summed E-state index contributed by atoms with van der Waals surface area (Å²) in [5.74, 6) is 0.372. The number of hydrazine groups is 1. The number of fused-ring (bicyclic) bond motifs is 4. The first-order valence-electron chi connectivity index (χ1n) is 15.7. The van der Waals surface area contributed by atoms with Crippen molar-refractivity contribution < 1.29 is 13.9 Å². The van der Waals surface area contributed by atoms with Crippen LogP contribution in [0.15, 0.2) is 30.4 Å². The molecule has 0 spiro atoms. The van der Waals surface area contributed by atoms with Crippen LogP contribution >= 0.6 is 0 Å². The van der Waals surface area contributed by atoms with Crippen molar-refractivity contribution in [3.8, 4) is 0 Å². The standard InChI is InChI=1S/C30H42FN7O2/c31-22-15-20-26-21(30(39)38(34-26)14-13-35-10-3-4-11-35)18-37-24-5-1-2-6-25(24)40-29(27(20)37)28(22)36-12-7-19(17-36)23-16-32-8-9-33-23/h8-9,16,18-20,22,24-29,34H,1-7,10-15,17H2. The smallest absolute Gasteiger partial charge is 0.267 e. The molecule has 0 radical (unpaired) electrons. The Hall–Kier alpha value is -2.14. The highest BCUT2D eigenvalue weighted by Gasteiger charge is 2.61. The normalized spacial score (nSPS) is 41.6. The van der Waals surface area contributed by atoms with Gasteiger partial charge in [0, 0.05) is 49.7 Å². The molecule has 1 amide bonds. The fourth-order valence-corrected chi connectivity index (χ4v) is 9.14. The Morgan fingerprint density at radius 2 is 1.90 bits per heavy atom. The van der Waals surface area contributed by atoms with Gasteiger partial charge in [0.1, 0.15) is 6.17 Å². The Bertz CT molecular complexity index is 1130. The summed E-state index contributed by atoms with van der Waals surface area (Å²) in [5.41, 5.74) is 5.41. The summed E-state index contributed by atoms with van der Waals surface area (Å²) in [4.78, 5) is 29.8. The first-order valence-corrected chi connectivity index (χ1v) is 15.7. The average molecular weight is 552 g/mol. The Morgan fingerprint density at radius 3 is 2.75 bits per heavy atom. The zero-order valence-corrected chi connectivity index (χ0v) is 23.3. The van der Waals surface area contributed by atoms with Crippen LogP contribution in [0, 0.1) is 5.92 Å². The number of morpholine rings is 1. The zero-order chi connectivity index (χ0) is 26.8. The van der Waals surface area contributed by atoms with Gasteiger partial charge in [-0.15, -0.1) is 0 Å². The van der Waals surface area contributed by atoms with E-state index in [1.54, 1.807) is 12.4 Å². The van der Waals surface area contributed by atoms with E-state index in [-0.39, 0.29) is 54.1 Å². The molecule has 9 atom stereocenters. The number of carbonyl (C=O) groups is 1. The summed E-state index contributed by atoms with van der Waals surface area (Å²) in [6.45, 7) is 5.45. The number of hydrogen-bond acceptors (Lipinski definition) is 8. The predicted molar refractivity (Wildman–Crippen MR) is 147 cm³/mol. The molecule has 6 fully saturated rings. The van der Waals surface area contributed by atoms with Crippen LogP contribution in [0.5, 0.6) is 0 Å². The summed E-state index contributed by atoms with van der Waals surface area (Å²) < 4.78 is 23.5. The number of aromatic nitrogens is 2. The second-order valence-corrected chi connectivity index (χ2v) is 13.1. The third kappa shape index (κ3) is 4.20. The van der Waals surface area contributed by atoms with Gasteiger partial charge in [-0.05, 0) is 58.2 Å². The first-order chi connectivity index (χ1) is 19.7. The molecule has 1 N–H and O–H groups in total. The number of nitrogens with one attached hydrogen (secondary N) is 1. The summed E-state index contributed by atoms with van der Waals surface area (Å²) in [5, 5.41) is 1.83. The van der Waals surface area contributed by atoms with Crippen molar-refractivity contribution in [2.24, 2.45) is 5.92 Å². The fourth-order valence-electron chi connectivity index (χ4n) is 9.14. The number of amides is 1. The molecule has 0 aromatic carbocycles. The molecule has 6 heterocycles. The second kappa shape index (κ2) is 10.3. The lowest BCUT2D eigenvalue weighted by molar-refractivity contribution is -0.212. The molecule has 10 heteroatoms. The van der Waals surface area contributed by atoms with Crippen LogP contribution in [-0.4, -0.2) is 117 Å². The Kier molecular flexibility index (Phi) is 6.58. The van der Waals surface area contributed by atoms with Crippen molar-refractivity contribution in [2.75, 3.05) is 39.3 Å². The summed E-state index contributed by atoms with van der Waals surface area (Å²) >= 11 is 0. The third-order valence-electron chi connectivity index (χ3n) is 11.0. The monoisotopic (exact) mass is 551 g/mol. The molecule has 5 aliphatic heterocycles. The Morgan fingerprint density at radius 1 is 1.02 bits per heavy atom. The fraction of sp³-hybridized carbons (Fsp3) is 0.767. The molecule has 7 aliphatic rings. The maximum Gasteiger partial charge on any atom is 0.267 e. The molecular formula is C30H42FN7O2. The van der Waals surface area contributed by atoms with Crippen LogP contribution in [0.3, 0.4) is 0 Å². The van der Waals surface area contributed by atoms with Crippen LogP contribution < -0.4 is 5.43 Å². The second-order valence-electron chi connectivity index (χ2n) is 13.1. The van der Waals surface area contributed by atoms with Crippen LogP contribution in [0.4, 0.5) is 4.39 Å². The van der Waals surface area contributed by atoms with Crippen LogP contribution in [0.25, 0.3) is 0 Å². The average Bonchev–Trinajstić information content (AvgIpc) is 3.74. The van der Waals surface area contributed by atoms with Gasteiger partial charge < -0.3 is 14.5 Å². The van der Waals surface area contributed by atoms with Gasteiger partial charge >= 0.3 is 0 Å². The Balaban J connectivity index is 1.07. The minimum atomic E-state index is -0.997. The molecule has 1 aromatic heterocycles. The lowest BCUT2D eigenvalue weighted by Gasteiger charge is -2.61. The number of ether oxygens (including phenoxy) is 1. The highest BCUT2D eigenvalue weighted by Crippen LogP contribution is 2.49. The van der Waals surface area contributed by atoms with E-state index >= 15 is 4.39 Å². The molecule has 9 nitrogen and oxygen atoms in total. The number of nitrogens with zero attached hydrogens (tertiary/aromatic N) is 6. The van der Waals surface area contributed by atoms with Crippen molar-refractivity contribution in [1.82, 2.24) is 35.1 Å². The van der Waals surface area contributed by atoms with Gasteiger partial charge in [-0.3, -0.25) is 24.7 Å². The third-order valence-corrected chi connectivity index (χ3v) is 11.0. The van der Waals surface area contributed by atoms with Gasteiger partial charge in [-0.25, -0.2) is 9.82 Å². The lowest BCUT2D eigenvalue weighted by atomic mass is 9.68. The molecule has 8 rings (SSSR count). The molecule has 40 heavy (non-hydrogen) atoms. The summed E-state index contributed by atoms with van der Waals surface area (Å²) in [6, 6.07) is -0.0464. The van der Waals surface area contributed by atoms with E-state index in [1.165, 1.54) is 19.3 Å². The highest BCUT2D eigenvalue weighted by atomic mass is 19.1. The molecule has 2 saturated carbocycles. The van der Waals surface area contributed by atoms with Gasteiger partial charge in [-0.2, -0.15) is 0 Å². The number of rotatable bonds is 5. The predicted octanol–water partition coefficient (Wildman–Crippen LogP) is 2.08. The van der Waals surface area contributed by atoms with Crippen molar-refractivity contribution in [2.45, 2.75) is 99.8 Å². The SMILES string of the molecule is O=C1C2=CN3C4CCCCC4OC4C(N5CCC(c6cnccn6)C5)C(F)CC(C2NN1CCN1CCCC1)C43. The lowest BCUT2D eigenvalue weighted by Crippen LogP contribution is -2.73. The van der Waals surface area contributed by atoms with Gasteiger partial charge in [0.2, 0.25) is 0 Å². The van der Waals surface area contributed by atoms with E-state index in [0.29, 0.717) is 13.0 Å². The number of alkyl halides is 1. The quantitative estimate of drug-likeness (QED) is 0.596. The highest BCUT2D eigenvalue weighted by molar-refractivity contribution is 5.96. The minimum absolute atomic E-state index is 0.0123. The van der Waals surface area contributed by atoms with Gasteiger partial charge in [-0.1, -0.05) is 12.8 Å². The van der Waals surface area contributed by atoms with E-state index in [0.717, 1.165) is 69.7 Å². The van der Waals surface area contributed by atoms with E-state index in [9.17, 15) is 4.79 Å². The Labute approximate surface area is 236 Å². The molecule has 0 bridgehead atoms. The largest absolute Gasteiger partial charge is 0.369 e. The van der Waals surface area contributed by atoms with E-state index < -0.39 is 6.17 Å². The molecule has 9 unspecified atom stereocenters. The molecular weight excluding hydrogens is 509 g/mol. The summed E-state index contributed by atoms with van der Waals surface area (Å²) in [7, 11) is 0. The van der Waals surface area contributed by atoms with E-state index in [4.69, 9.17) is 4.74 Å². The van der Waals surface area contributed by atoms with Crippen molar-refractivity contribution in [1.29, 1.82) is 0 Å². The van der Waals surface area contributed by atoms with Crippen molar-refractivity contribution in [3.63, 3.8) is 0 Å². The molecule has 2 aliphatic carbocycles. The maximum atomic E-state index is 16.5. The first kappa shape index (κ1) is 25.6. The zero-order valence-electron chi connectivity index (χ0n) is 23.3. The molecule has 1 aromatic rings. The van der Waals surface area contributed by atoms with Gasteiger partial charge in [0.15, 0.2) is 0 Å². The van der Waals surface area contributed by atoms with Crippen LogP contribution in [-0.2, 0) is 9.53 Å². The van der Waals surface area contributed by atoms with Crippen molar-refractivity contribution in [3.05, 3.63) is 36.1 Å². The topological polar surface area (TPSA) is 77.1 Å². The van der Waals surface area contributed by atoms with E-state index in [2.05, 4.69) is 36.3 Å². The minimum Gasteiger partial charge on any atom is -0.369 e. The maximum absolute atomic E-state index is 16.5. The van der Waals surface area contributed by atoms with Crippen molar-refractivity contribution >= 4 is 5.91 Å². The number of carbonyl (C=O) groups excluding carboxylic acids is 1. The van der Waals surface area contributed by atoms with Gasteiger partial charge in [0.05, 0.1) is 54.2 Å². The molecule has 216 valence electrons. The van der Waals surface area contributed by atoms with Crippen LogP contribution in [0.2, 0.25) is 0 Å². The molecule has 4 saturated heterocycles.